The number of nitrogens with zero attached hydrogens (tertiary/aromatic N) is 4. The third-order valence-electron chi connectivity index (χ3n) is 9.59. The summed E-state index contributed by atoms with van der Waals surface area (Å²) in [6.07, 6.45) is 2.05. The van der Waals surface area contributed by atoms with Crippen molar-refractivity contribution in [3.63, 3.8) is 0 Å². The second-order valence-electron chi connectivity index (χ2n) is 13.7. The van der Waals surface area contributed by atoms with Gasteiger partial charge in [-0.15, -0.1) is 0 Å². The lowest BCUT2D eigenvalue weighted by atomic mass is 9.86. The fourth-order valence-corrected chi connectivity index (χ4v) is 7.28. The Labute approximate surface area is 269 Å². The number of carbonyl (C=O) groups is 2. The summed E-state index contributed by atoms with van der Waals surface area (Å²) in [5.74, 6) is -1.53. The SMILES string of the molecule is Cc1nc2c(cc(C(=O)N3CCN(C4CCOCC4)CC3)n2C)c(-c2cc(F)c3c(c2C)CCCO3)c1[C@H](OC(C)(C)C)C(=O)O. The summed E-state index contributed by atoms with van der Waals surface area (Å²) < 4.78 is 34.9. The van der Waals surface area contributed by atoms with E-state index in [4.69, 9.17) is 19.2 Å². The van der Waals surface area contributed by atoms with Crippen LogP contribution in [0.2, 0.25) is 0 Å². The molecule has 2 fully saturated rings. The van der Waals surface area contributed by atoms with Gasteiger partial charge in [0.05, 0.1) is 12.2 Å². The van der Waals surface area contributed by atoms with Crippen molar-refractivity contribution < 1.29 is 33.3 Å². The average molecular weight is 637 g/mol. The topological polar surface area (TPSA) is 106 Å². The quantitative estimate of drug-likeness (QED) is 0.394. The third kappa shape index (κ3) is 6.00. The maximum absolute atomic E-state index is 15.7. The molecular weight excluding hydrogens is 591 g/mol. The molecule has 0 bridgehead atoms. The Bertz CT molecular complexity index is 1660. The smallest absolute Gasteiger partial charge is 0.337 e. The molecule has 248 valence electrons. The van der Waals surface area contributed by atoms with Crippen LogP contribution < -0.4 is 4.74 Å². The largest absolute Gasteiger partial charge is 0.490 e. The van der Waals surface area contributed by atoms with Crippen molar-refractivity contribution in [3.8, 4) is 16.9 Å². The number of carboxylic acids is 1. The molecule has 10 nitrogen and oxygen atoms in total. The number of hydrogen-bond donors (Lipinski definition) is 1. The third-order valence-corrected chi connectivity index (χ3v) is 9.59. The van der Waals surface area contributed by atoms with Crippen molar-refractivity contribution in [2.24, 2.45) is 7.05 Å². The molecule has 0 unspecified atom stereocenters. The number of hydrogen-bond acceptors (Lipinski definition) is 7. The zero-order valence-electron chi connectivity index (χ0n) is 27.7. The predicted molar refractivity (Wildman–Crippen MR) is 172 cm³/mol. The molecule has 5 heterocycles. The molecule has 1 amide bonds. The number of amides is 1. The van der Waals surface area contributed by atoms with Gasteiger partial charge in [-0.2, -0.15) is 0 Å². The first-order valence-electron chi connectivity index (χ1n) is 16.3. The maximum Gasteiger partial charge on any atom is 0.337 e. The summed E-state index contributed by atoms with van der Waals surface area (Å²) >= 11 is 0. The number of ether oxygens (including phenoxy) is 3. The minimum atomic E-state index is -1.38. The molecule has 0 saturated carbocycles. The molecule has 1 aromatic carbocycles. The van der Waals surface area contributed by atoms with Gasteiger partial charge in [0.1, 0.15) is 11.3 Å². The minimum Gasteiger partial charge on any atom is -0.490 e. The Morgan fingerprint density at radius 1 is 1.09 bits per heavy atom. The van der Waals surface area contributed by atoms with Crippen molar-refractivity contribution in [3.05, 3.63) is 46.0 Å². The molecule has 1 N–H and O–H groups in total. The number of carbonyl (C=O) groups excluding carboxylic acids is 1. The zero-order chi connectivity index (χ0) is 32.9. The number of pyridine rings is 1. The monoisotopic (exact) mass is 636 g/mol. The molecular formula is C35H45FN4O6. The zero-order valence-corrected chi connectivity index (χ0v) is 27.7. The lowest BCUT2D eigenvalue weighted by Crippen LogP contribution is -2.53. The molecule has 3 aromatic rings. The van der Waals surface area contributed by atoms with Gasteiger partial charge in [-0.25, -0.2) is 14.2 Å². The molecule has 3 aliphatic rings. The van der Waals surface area contributed by atoms with E-state index in [0.29, 0.717) is 71.3 Å². The van der Waals surface area contributed by atoms with E-state index >= 15 is 4.39 Å². The second-order valence-corrected chi connectivity index (χ2v) is 13.7. The van der Waals surface area contributed by atoms with Crippen LogP contribution in [0.25, 0.3) is 22.2 Å². The predicted octanol–water partition coefficient (Wildman–Crippen LogP) is 5.20. The molecule has 0 aliphatic carbocycles. The van der Waals surface area contributed by atoms with Crippen molar-refractivity contribution >= 4 is 22.9 Å². The van der Waals surface area contributed by atoms with Gasteiger partial charge in [-0.3, -0.25) is 9.69 Å². The van der Waals surface area contributed by atoms with Gasteiger partial charge < -0.3 is 28.8 Å². The molecule has 6 rings (SSSR count). The first-order chi connectivity index (χ1) is 21.9. The van der Waals surface area contributed by atoms with Crippen LogP contribution in [0.3, 0.4) is 0 Å². The van der Waals surface area contributed by atoms with Gasteiger partial charge in [0.15, 0.2) is 17.7 Å². The Kier molecular flexibility index (Phi) is 8.86. The van der Waals surface area contributed by atoms with E-state index in [0.717, 1.165) is 56.7 Å². The number of fused-ring (bicyclic) bond motifs is 2. The fourth-order valence-electron chi connectivity index (χ4n) is 7.28. The van der Waals surface area contributed by atoms with E-state index in [9.17, 15) is 14.7 Å². The second kappa shape index (κ2) is 12.6. The van der Waals surface area contributed by atoms with Gasteiger partial charge in [0.2, 0.25) is 0 Å². The summed E-state index contributed by atoms with van der Waals surface area (Å²) in [6, 6.07) is 3.70. The first-order valence-corrected chi connectivity index (χ1v) is 16.3. The summed E-state index contributed by atoms with van der Waals surface area (Å²) in [4.78, 5) is 36.1. The standard InChI is InChI=1S/C35H45FN4O6/c1-20-23-8-7-15-45-30(23)26(36)18-24(20)29-25-19-27(33(41)40-13-11-39(12-14-40)22-9-16-44-17-10-22)38(6)32(25)37-21(2)28(29)31(34(42)43)46-35(3,4)5/h18-19,22,31H,7-17H2,1-6H3,(H,42,43)/t31-/m0/s1. The summed E-state index contributed by atoms with van der Waals surface area (Å²) in [5.41, 5.74) is 3.61. The van der Waals surface area contributed by atoms with Gasteiger partial charge in [-0.05, 0) is 83.6 Å². The molecule has 2 aromatic heterocycles. The Morgan fingerprint density at radius 3 is 2.43 bits per heavy atom. The number of aromatic nitrogens is 2. The Morgan fingerprint density at radius 2 is 1.78 bits per heavy atom. The lowest BCUT2D eigenvalue weighted by molar-refractivity contribution is -0.160. The molecule has 3 aliphatic heterocycles. The van der Waals surface area contributed by atoms with Crippen LogP contribution in [0, 0.1) is 19.7 Å². The normalized spacial score (nSPS) is 18.8. The van der Waals surface area contributed by atoms with Gasteiger partial charge in [0.25, 0.3) is 5.91 Å². The highest BCUT2D eigenvalue weighted by atomic mass is 19.1. The highest BCUT2D eigenvalue weighted by Gasteiger charge is 2.36. The van der Waals surface area contributed by atoms with Crippen molar-refractivity contribution in [2.45, 2.75) is 78.0 Å². The lowest BCUT2D eigenvalue weighted by Gasteiger charge is -2.40. The van der Waals surface area contributed by atoms with E-state index in [1.807, 2.05) is 11.8 Å². The molecule has 11 heteroatoms. The molecule has 0 spiro atoms. The van der Waals surface area contributed by atoms with Crippen LogP contribution in [0.1, 0.15) is 79.0 Å². The van der Waals surface area contributed by atoms with Crippen LogP contribution >= 0.6 is 0 Å². The van der Waals surface area contributed by atoms with Crippen molar-refractivity contribution in [1.29, 1.82) is 0 Å². The van der Waals surface area contributed by atoms with Gasteiger partial charge in [0, 0.05) is 80.3 Å². The number of piperazine rings is 1. The Balaban J connectivity index is 1.48. The number of halogens is 1. The molecule has 2 saturated heterocycles. The van der Waals surface area contributed by atoms with E-state index in [1.165, 1.54) is 6.07 Å². The van der Waals surface area contributed by atoms with Crippen LogP contribution in [0.4, 0.5) is 4.39 Å². The van der Waals surface area contributed by atoms with Crippen molar-refractivity contribution in [1.82, 2.24) is 19.4 Å². The number of carboxylic acid groups (broad SMARTS) is 1. The van der Waals surface area contributed by atoms with Crippen molar-refractivity contribution in [2.75, 3.05) is 46.0 Å². The number of aliphatic carboxylic acids is 1. The Hall–Kier alpha value is -3.54. The summed E-state index contributed by atoms with van der Waals surface area (Å²) in [6.45, 7) is 13.9. The van der Waals surface area contributed by atoms with E-state index in [1.54, 1.807) is 45.4 Å². The highest BCUT2D eigenvalue weighted by Crippen LogP contribution is 2.45. The summed E-state index contributed by atoms with van der Waals surface area (Å²) in [5, 5.41) is 11.1. The van der Waals surface area contributed by atoms with Crippen LogP contribution in [-0.2, 0) is 27.7 Å². The fraction of sp³-hybridized carbons (Fsp3) is 0.571. The number of benzene rings is 1. The van der Waals surface area contributed by atoms with E-state index in [-0.39, 0.29) is 11.7 Å². The minimum absolute atomic E-state index is 0.111. The molecule has 46 heavy (non-hydrogen) atoms. The van der Waals surface area contributed by atoms with Crippen LogP contribution in [0.15, 0.2) is 12.1 Å². The first kappa shape index (κ1) is 32.4. The van der Waals surface area contributed by atoms with Gasteiger partial charge in [-0.1, -0.05) is 0 Å². The number of rotatable bonds is 6. The van der Waals surface area contributed by atoms with Crippen LogP contribution in [0.5, 0.6) is 5.75 Å². The number of aryl methyl sites for hydroxylation is 2. The van der Waals surface area contributed by atoms with Gasteiger partial charge >= 0.3 is 5.97 Å². The van der Waals surface area contributed by atoms with E-state index in [2.05, 4.69) is 4.90 Å². The van der Waals surface area contributed by atoms with E-state index < -0.39 is 23.5 Å². The average Bonchev–Trinajstić information content (AvgIpc) is 3.36. The molecule has 0 radical (unpaired) electrons. The highest BCUT2D eigenvalue weighted by molar-refractivity contribution is 6.04. The molecule has 1 atom stereocenters. The van der Waals surface area contributed by atoms with Crippen LogP contribution in [-0.4, -0.2) is 94.0 Å². The summed E-state index contributed by atoms with van der Waals surface area (Å²) in [7, 11) is 1.80. The maximum atomic E-state index is 15.7.